The quantitative estimate of drug-likeness (QED) is 0.713. The van der Waals surface area contributed by atoms with Crippen molar-refractivity contribution in [2.45, 2.75) is 45.1 Å². The van der Waals surface area contributed by atoms with Crippen molar-refractivity contribution in [1.29, 1.82) is 0 Å². The van der Waals surface area contributed by atoms with E-state index in [0.29, 0.717) is 25.4 Å². The first-order chi connectivity index (χ1) is 8.56. The molecule has 1 unspecified atom stereocenters. The van der Waals surface area contributed by atoms with Gasteiger partial charge in [-0.1, -0.05) is 6.42 Å². The summed E-state index contributed by atoms with van der Waals surface area (Å²) < 4.78 is 0. The Kier molecular flexibility index (Phi) is 3.90. The van der Waals surface area contributed by atoms with E-state index in [9.17, 15) is 9.59 Å². The van der Waals surface area contributed by atoms with Gasteiger partial charge in [0.25, 0.3) is 0 Å². The number of nitrogens with one attached hydrogen (secondary N) is 1. The Balaban J connectivity index is 1.82. The average Bonchev–Trinajstić information content (AvgIpc) is 2.76. The molecule has 0 bridgehead atoms. The minimum absolute atomic E-state index is 0.294. The minimum atomic E-state index is -1.13. The Labute approximate surface area is 108 Å². The van der Waals surface area contributed by atoms with Crippen LogP contribution in [0.1, 0.15) is 39.0 Å². The molecule has 2 aliphatic rings. The van der Waals surface area contributed by atoms with Gasteiger partial charge in [-0.3, -0.25) is 14.5 Å². The van der Waals surface area contributed by atoms with E-state index in [1.54, 1.807) is 0 Å². The molecule has 102 valence electrons. The van der Waals surface area contributed by atoms with Gasteiger partial charge in [0, 0.05) is 12.6 Å². The van der Waals surface area contributed by atoms with Crippen molar-refractivity contribution in [3.8, 4) is 0 Å². The molecule has 5 nitrogen and oxygen atoms in total. The van der Waals surface area contributed by atoms with Gasteiger partial charge in [0.15, 0.2) is 0 Å². The summed E-state index contributed by atoms with van der Waals surface area (Å²) in [5, 5.41) is 12.0. The van der Waals surface area contributed by atoms with Crippen molar-refractivity contribution >= 4 is 11.9 Å². The molecule has 5 heteroatoms. The Morgan fingerprint density at radius 2 is 1.89 bits per heavy atom. The fraction of sp³-hybridized carbons (Fsp3) is 0.846. The highest BCUT2D eigenvalue weighted by molar-refractivity contribution is 6.02. The van der Waals surface area contributed by atoms with E-state index in [1.807, 2.05) is 0 Å². The van der Waals surface area contributed by atoms with E-state index in [2.05, 4.69) is 17.1 Å². The molecular formula is C13H22N2O3. The number of amides is 1. The molecule has 1 amide bonds. The van der Waals surface area contributed by atoms with Crippen LogP contribution < -0.4 is 5.32 Å². The van der Waals surface area contributed by atoms with Crippen LogP contribution in [-0.2, 0) is 9.59 Å². The van der Waals surface area contributed by atoms with Gasteiger partial charge >= 0.3 is 5.97 Å². The second-order valence-corrected chi connectivity index (χ2v) is 5.54. The summed E-state index contributed by atoms with van der Waals surface area (Å²) in [7, 11) is 0. The van der Waals surface area contributed by atoms with Crippen LogP contribution >= 0.6 is 0 Å². The van der Waals surface area contributed by atoms with Gasteiger partial charge < -0.3 is 10.4 Å². The molecule has 2 N–H and O–H groups in total. The highest BCUT2D eigenvalue weighted by Gasteiger charge is 2.51. The summed E-state index contributed by atoms with van der Waals surface area (Å²) in [5.74, 6) is -1.27. The fourth-order valence-corrected chi connectivity index (χ4v) is 2.79. The zero-order valence-corrected chi connectivity index (χ0v) is 10.9. The molecule has 1 aliphatic heterocycles. The summed E-state index contributed by atoms with van der Waals surface area (Å²) in [6, 6.07) is 0.294. The highest BCUT2D eigenvalue weighted by atomic mass is 16.4. The lowest BCUT2D eigenvalue weighted by atomic mass is 9.68. The van der Waals surface area contributed by atoms with E-state index in [0.717, 1.165) is 19.5 Å². The molecule has 2 fully saturated rings. The van der Waals surface area contributed by atoms with Crippen LogP contribution in [0.5, 0.6) is 0 Å². The van der Waals surface area contributed by atoms with Gasteiger partial charge in [0.1, 0.15) is 5.41 Å². The Bertz CT molecular complexity index is 333. The lowest BCUT2D eigenvalue weighted by Crippen LogP contribution is -2.53. The van der Waals surface area contributed by atoms with Gasteiger partial charge in [-0.2, -0.15) is 0 Å². The van der Waals surface area contributed by atoms with E-state index in [1.165, 1.54) is 12.8 Å². The molecule has 1 atom stereocenters. The number of rotatable bonds is 5. The Morgan fingerprint density at radius 1 is 1.28 bits per heavy atom. The molecule has 0 aromatic rings. The third-order valence-corrected chi connectivity index (χ3v) is 4.37. The number of aliphatic carboxylic acids is 1. The standard InChI is InChI=1S/C13H22N2O3/c1-10(15-7-2-3-8-15)9-14-11(16)13(12(17)18)5-4-6-13/h10H,2-9H2,1H3,(H,14,16)(H,17,18). The number of carboxylic acid groups (broad SMARTS) is 1. The Hall–Kier alpha value is -1.10. The third-order valence-electron chi connectivity index (χ3n) is 4.37. The lowest BCUT2D eigenvalue weighted by molar-refractivity contribution is -0.162. The van der Waals surface area contributed by atoms with E-state index in [4.69, 9.17) is 5.11 Å². The van der Waals surface area contributed by atoms with E-state index >= 15 is 0 Å². The van der Waals surface area contributed by atoms with Crippen molar-refractivity contribution in [2.75, 3.05) is 19.6 Å². The normalized spacial score (nSPS) is 24.3. The lowest BCUT2D eigenvalue weighted by Gasteiger charge is -2.36. The molecule has 2 rings (SSSR count). The number of nitrogens with zero attached hydrogens (tertiary/aromatic N) is 1. The predicted molar refractivity (Wildman–Crippen MR) is 67.2 cm³/mol. The molecule has 1 heterocycles. The first-order valence-corrected chi connectivity index (χ1v) is 6.82. The third kappa shape index (κ3) is 2.36. The summed E-state index contributed by atoms with van der Waals surface area (Å²) in [6.07, 6.45) is 4.23. The summed E-state index contributed by atoms with van der Waals surface area (Å²) in [6.45, 7) is 4.80. The molecular weight excluding hydrogens is 232 g/mol. The van der Waals surface area contributed by atoms with Crippen molar-refractivity contribution in [3.05, 3.63) is 0 Å². The van der Waals surface area contributed by atoms with Crippen molar-refractivity contribution in [1.82, 2.24) is 10.2 Å². The van der Waals surface area contributed by atoms with Gasteiger partial charge in [-0.15, -0.1) is 0 Å². The molecule has 18 heavy (non-hydrogen) atoms. The van der Waals surface area contributed by atoms with Crippen molar-refractivity contribution in [2.24, 2.45) is 5.41 Å². The first kappa shape index (κ1) is 13.3. The fourth-order valence-electron chi connectivity index (χ4n) is 2.79. The number of carbonyl (C=O) groups is 2. The zero-order valence-electron chi connectivity index (χ0n) is 10.9. The van der Waals surface area contributed by atoms with Crippen molar-refractivity contribution in [3.63, 3.8) is 0 Å². The molecule has 1 aliphatic carbocycles. The smallest absolute Gasteiger partial charge is 0.319 e. The molecule has 1 saturated carbocycles. The topological polar surface area (TPSA) is 69.6 Å². The maximum atomic E-state index is 12.0. The van der Waals surface area contributed by atoms with Gasteiger partial charge in [0.2, 0.25) is 5.91 Å². The first-order valence-electron chi connectivity index (χ1n) is 6.82. The number of hydrogen-bond acceptors (Lipinski definition) is 3. The van der Waals surface area contributed by atoms with Crippen LogP contribution in [0.4, 0.5) is 0 Å². The number of carbonyl (C=O) groups excluding carboxylic acids is 1. The average molecular weight is 254 g/mol. The van der Waals surface area contributed by atoms with Crippen LogP contribution in [0, 0.1) is 5.41 Å². The largest absolute Gasteiger partial charge is 0.480 e. The number of hydrogen-bond donors (Lipinski definition) is 2. The second kappa shape index (κ2) is 5.26. The SMILES string of the molecule is CC(CNC(=O)C1(C(=O)O)CCC1)N1CCCC1. The van der Waals surface area contributed by atoms with Crippen LogP contribution in [0.3, 0.4) is 0 Å². The van der Waals surface area contributed by atoms with Crippen LogP contribution in [-0.4, -0.2) is 47.6 Å². The number of carboxylic acids is 1. The van der Waals surface area contributed by atoms with Gasteiger partial charge in [-0.05, 0) is 45.7 Å². The minimum Gasteiger partial charge on any atom is -0.480 e. The van der Waals surface area contributed by atoms with Crippen molar-refractivity contribution < 1.29 is 14.7 Å². The van der Waals surface area contributed by atoms with Crippen LogP contribution in [0.25, 0.3) is 0 Å². The number of likely N-dealkylation sites (tertiary alicyclic amines) is 1. The summed E-state index contributed by atoms with van der Waals surface area (Å²) >= 11 is 0. The maximum Gasteiger partial charge on any atom is 0.319 e. The monoisotopic (exact) mass is 254 g/mol. The van der Waals surface area contributed by atoms with Gasteiger partial charge in [0.05, 0.1) is 0 Å². The van der Waals surface area contributed by atoms with E-state index in [-0.39, 0.29) is 5.91 Å². The molecule has 0 radical (unpaired) electrons. The molecule has 0 spiro atoms. The molecule has 0 aromatic heterocycles. The highest BCUT2D eigenvalue weighted by Crippen LogP contribution is 2.41. The summed E-state index contributed by atoms with van der Waals surface area (Å²) in [5.41, 5.74) is -1.13. The maximum absolute atomic E-state index is 12.0. The molecule has 0 aromatic carbocycles. The second-order valence-electron chi connectivity index (χ2n) is 5.54. The Morgan fingerprint density at radius 3 is 2.33 bits per heavy atom. The van der Waals surface area contributed by atoms with Crippen LogP contribution in [0.2, 0.25) is 0 Å². The zero-order chi connectivity index (χ0) is 13.2. The molecule has 1 saturated heterocycles. The van der Waals surface area contributed by atoms with Gasteiger partial charge in [-0.25, -0.2) is 0 Å². The van der Waals surface area contributed by atoms with Crippen LogP contribution in [0.15, 0.2) is 0 Å². The predicted octanol–water partition coefficient (Wildman–Crippen LogP) is 0.842. The van der Waals surface area contributed by atoms with E-state index < -0.39 is 11.4 Å². The summed E-state index contributed by atoms with van der Waals surface area (Å²) in [4.78, 5) is 25.5.